The van der Waals surface area contributed by atoms with E-state index < -0.39 is 0 Å². The van der Waals surface area contributed by atoms with Crippen molar-refractivity contribution in [1.29, 1.82) is 0 Å². The van der Waals surface area contributed by atoms with Gasteiger partial charge in [0.05, 0.1) is 6.61 Å². The molecule has 1 N–H and O–H groups in total. The molecule has 0 aromatic heterocycles. The minimum atomic E-state index is 0.244. The van der Waals surface area contributed by atoms with Gasteiger partial charge in [0, 0.05) is 13.1 Å². The summed E-state index contributed by atoms with van der Waals surface area (Å²) in [4.78, 5) is 2.07. The van der Waals surface area contributed by atoms with Crippen molar-refractivity contribution in [1.82, 2.24) is 4.90 Å². The molecule has 0 aliphatic heterocycles. The third kappa shape index (κ3) is 5.53. The number of hydrogen-bond donors (Lipinski definition) is 1. The van der Waals surface area contributed by atoms with Crippen LogP contribution >= 0.6 is 0 Å². The SMILES string of the molecule is C=CCCN(C)CCO. The van der Waals surface area contributed by atoms with Crippen molar-refractivity contribution in [3.63, 3.8) is 0 Å². The standard InChI is InChI=1S/C7H15NO/c1-3-4-5-8(2)6-7-9/h3,9H,1,4-7H2,2H3. The molecule has 0 aromatic rings. The Balaban J connectivity index is 3.04. The quantitative estimate of drug-likeness (QED) is 0.546. The van der Waals surface area contributed by atoms with Crippen molar-refractivity contribution in [2.24, 2.45) is 0 Å². The molecule has 2 nitrogen and oxygen atoms in total. The van der Waals surface area contributed by atoms with E-state index in [1.54, 1.807) is 0 Å². The van der Waals surface area contributed by atoms with Gasteiger partial charge in [0.2, 0.25) is 0 Å². The van der Waals surface area contributed by atoms with Gasteiger partial charge >= 0.3 is 0 Å². The molecule has 0 unspecified atom stereocenters. The zero-order valence-electron chi connectivity index (χ0n) is 6.01. The maximum atomic E-state index is 8.47. The highest BCUT2D eigenvalue weighted by atomic mass is 16.3. The van der Waals surface area contributed by atoms with E-state index in [1.807, 2.05) is 13.1 Å². The highest BCUT2D eigenvalue weighted by Crippen LogP contribution is 1.85. The Morgan fingerprint density at radius 1 is 1.56 bits per heavy atom. The smallest absolute Gasteiger partial charge is 0.0558 e. The first-order valence-corrected chi connectivity index (χ1v) is 3.21. The third-order valence-electron chi connectivity index (χ3n) is 1.20. The second-order valence-electron chi connectivity index (χ2n) is 2.10. The Morgan fingerprint density at radius 3 is 2.67 bits per heavy atom. The number of nitrogens with zero attached hydrogens (tertiary/aromatic N) is 1. The van der Waals surface area contributed by atoms with Crippen molar-refractivity contribution in [2.45, 2.75) is 6.42 Å². The average molecular weight is 129 g/mol. The Hall–Kier alpha value is -0.340. The molecule has 0 amide bonds. The summed E-state index contributed by atoms with van der Waals surface area (Å²) in [6.45, 7) is 5.60. The first-order valence-electron chi connectivity index (χ1n) is 3.21. The first-order chi connectivity index (χ1) is 4.31. The Bertz CT molecular complexity index is 73.3. The van der Waals surface area contributed by atoms with E-state index >= 15 is 0 Å². The fraction of sp³-hybridized carbons (Fsp3) is 0.714. The lowest BCUT2D eigenvalue weighted by atomic mass is 10.4. The van der Waals surface area contributed by atoms with E-state index in [0.29, 0.717) is 0 Å². The van der Waals surface area contributed by atoms with Crippen LogP contribution in [0.2, 0.25) is 0 Å². The van der Waals surface area contributed by atoms with Gasteiger partial charge in [-0.3, -0.25) is 0 Å². The van der Waals surface area contributed by atoms with E-state index in [0.717, 1.165) is 19.5 Å². The Kier molecular flexibility index (Phi) is 5.57. The molecule has 0 saturated carbocycles. The van der Waals surface area contributed by atoms with Crippen molar-refractivity contribution < 1.29 is 5.11 Å². The fourth-order valence-corrected chi connectivity index (χ4v) is 0.594. The number of aliphatic hydroxyl groups excluding tert-OH is 1. The molecule has 2 heteroatoms. The molecular formula is C7H15NO. The normalized spacial score (nSPS) is 10.1. The van der Waals surface area contributed by atoms with Gasteiger partial charge in [0.1, 0.15) is 0 Å². The van der Waals surface area contributed by atoms with Crippen LogP contribution in [0.15, 0.2) is 12.7 Å². The topological polar surface area (TPSA) is 23.5 Å². The molecule has 0 atom stereocenters. The van der Waals surface area contributed by atoms with E-state index in [1.165, 1.54) is 0 Å². The van der Waals surface area contributed by atoms with Gasteiger partial charge in [-0.15, -0.1) is 6.58 Å². The van der Waals surface area contributed by atoms with Crippen molar-refractivity contribution in [3.8, 4) is 0 Å². The van der Waals surface area contributed by atoms with Gasteiger partial charge in [-0.1, -0.05) is 6.08 Å². The predicted molar refractivity (Wildman–Crippen MR) is 39.4 cm³/mol. The number of aliphatic hydroxyl groups is 1. The second kappa shape index (κ2) is 5.79. The van der Waals surface area contributed by atoms with Gasteiger partial charge in [0.25, 0.3) is 0 Å². The summed E-state index contributed by atoms with van der Waals surface area (Å²) in [5, 5.41) is 8.47. The molecule has 0 fully saturated rings. The van der Waals surface area contributed by atoms with Crippen LogP contribution < -0.4 is 0 Å². The lowest BCUT2D eigenvalue weighted by Gasteiger charge is -2.12. The Morgan fingerprint density at radius 2 is 2.22 bits per heavy atom. The maximum absolute atomic E-state index is 8.47. The first kappa shape index (κ1) is 8.66. The van der Waals surface area contributed by atoms with Crippen LogP contribution in [0.25, 0.3) is 0 Å². The van der Waals surface area contributed by atoms with Gasteiger partial charge in [-0.25, -0.2) is 0 Å². The van der Waals surface area contributed by atoms with Crippen molar-refractivity contribution in [3.05, 3.63) is 12.7 Å². The molecule has 0 heterocycles. The van der Waals surface area contributed by atoms with Crippen molar-refractivity contribution in [2.75, 3.05) is 26.7 Å². The van der Waals surface area contributed by atoms with Crippen LogP contribution in [0.1, 0.15) is 6.42 Å². The van der Waals surface area contributed by atoms with Gasteiger partial charge < -0.3 is 10.0 Å². The maximum Gasteiger partial charge on any atom is 0.0558 e. The molecule has 0 spiro atoms. The minimum Gasteiger partial charge on any atom is -0.395 e. The van der Waals surface area contributed by atoms with E-state index in [4.69, 9.17) is 5.11 Å². The lowest BCUT2D eigenvalue weighted by Crippen LogP contribution is -2.22. The largest absolute Gasteiger partial charge is 0.395 e. The number of hydrogen-bond acceptors (Lipinski definition) is 2. The average Bonchev–Trinajstić information content (AvgIpc) is 1.85. The van der Waals surface area contributed by atoms with Crippen molar-refractivity contribution >= 4 is 0 Å². The van der Waals surface area contributed by atoms with E-state index in [9.17, 15) is 0 Å². The van der Waals surface area contributed by atoms with Crippen LogP contribution in [0, 0.1) is 0 Å². The zero-order valence-corrected chi connectivity index (χ0v) is 6.01. The van der Waals surface area contributed by atoms with E-state index in [-0.39, 0.29) is 6.61 Å². The second-order valence-corrected chi connectivity index (χ2v) is 2.10. The number of rotatable bonds is 5. The predicted octanol–water partition coefficient (Wildman–Crippen LogP) is 0.487. The molecule has 0 aliphatic carbocycles. The molecule has 0 rings (SSSR count). The summed E-state index contributed by atoms with van der Waals surface area (Å²) in [5.41, 5.74) is 0. The highest BCUT2D eigenvalue weighted by molar-refractivity contribution is 4.67. The third-order valence-corrected chi connectivity index (χ3v) is 1.20. The number of likely N-dealkylation sites (N-methyl/N-ethyl adjacent to an activating group) is 1. The molecule has 0 bridgehead atoms. The summed E-state index contributed by atoms with van der Waals surface area (Å²) < 4.78 is 0. The summed E-state index contributed by atoms with van der Waals surface area (Å²) in [6.07, 6.45) is 2.88. The molecule has 0 saturated heterocycles. The molecular weight excluding hydrogens is 114 g/mol. The van der Waals surface area contributed by atoms with Crippen LogP contribution in [-0.2, 0) is 0 Å². The minimum absolute atomic E-state index is 0.244. The Labute approximate surface area is 56.8 Å². The molecule has 54 valence electrons. The van der Waals surface area contributed by atoms with Gasteiger partial charge in [-0.05, 0) is 13.5 Å². The van der Waals surface area contributed by atoms with Crippen LogP contribution in [0.3, 0.4) is 0 Å². The molecule has 0 aromatic carbocycles. The summed E-state index contributed by atoms with van der Waals surface area (Å²) in [5.74, 6) is 0. The fourth-order valence-electron chi connectivity index (χ4n) is 0.594. The molecule has 0 radical (unpaired) electrons. The monoisotopic (exact) mass is 129 g/mol. The van der Waals surface area contributed by atoms with Crippen LogP contribution in [0.4, 0.5) is 0 Å². The lowest BCUT2D eigenvalue weighted by molar-refractivity contribution is 0.223. The summed E-state index contributed by atoms with van der Waals surface area (Å²) in [6, 6.07) is 0. The van der Waals surface area contributed by atoms with E-state index in [2.05, 4.69) is 11.5 Å². The van der Waals surface area contributed by atoms with Crippen LogP contribution in [0.5, 0.6) is 0 Å². The summed E-state index contributed by atoms with van der Waals surface area (Å²) >= 11 is 0. The zero-order chi connectivity index (χ0) is 7.11. The summed E-state index contributed by atoms with van der Waals surface area (Å²) in [7, 11) is 1.99. The highest BCUT2D eigenvalue weighted by Gasteiger charge is 1.91. The molecule has 0 aliphatic rings. The van der Waals surface area contributed by atoms with Crippen LogP contribution in [-0.4, -0.2) is 36.8 Å². The molecule has 9 heavy (non-hydrogen) atoms. The van der Waals surface area contributed by atoms with Gasteiger partial charge in [0.15, 0.2) is 0 Å². The van der Waals surface area contributed by atoms with Gasteiger partial charge in [-0.2, -0.15) is 0 Å².